The van der Waals surface area contributed by atoms with E-state index in [1.807, 2.05) is 11.6 Å². The maximum absolute atomic E-state index is 14.4. The highest BCUT2D eigenvalue weighted by atomic mass is 35.5. The Morgan fingerprint density at radius 3 is 2.34 bits per heavy atom. The molecule has 15 heteroatoms. The maximum atomic E-state index is 14.4. The number of hydrogen-bond acceptors (Lipinski definition) is 7. The van der Waals surface area contributed by atoms with Crippen LogP contribution in [-0.4, -0.2) is 53.5 Å². The molecule has 0 radical (unpaired) electrons. The van der Waals surface area contributed by atoms with Crippen molar-refractivity contribution in [2.24, 2.45) is 10.8 Å². The van der Waals surface area contributed by atoms with Gasteiger partial charge in [-0.1, -0.05) is 31.5 Å². The Hall–Kier alpha value is -3.65. The van der Waals surface area contributed by atoms with Crippen molar-refractivity contribution in [3.8, 4) is 0 Å². The first-order valence-electron chi connectivity index (χ1n) is 12.7. The lowest BCUT2D eigenvalue weighted by atomic mass is 9.65. The van der Waals surface area contributed by atoms with Crippen molar-refractivity contribution in [3.05, 3.63) is 64.1 Å². The van der Waals surface area contributed by atoms with Crippen molar-refractivity contribution in [1.82, 2.24) is 30.0 Å². The predicted molar refractivity (Wildman–Crippen MR) is 146 cm³/mol. The normalized spacial score (nSPS) is 20.9. The third kappa shape index (κ3) is 6.99. The first kappa shape index (κ1) is 30.3. The number of fused-ring (bicyclic) bond motifs is 1. The molecule has 1 fully saturated rings. The van der Waals surface area contributed by atoms with Crippen LogP contribution in [0.2, 0.25) is 5.02 Å². The molecule has 0 atom stereocenters. The van der Waals surface area contributed by atoms with E-state index in [1.54, 1.807) is 6.92 Å². The third-order valence-corrected chi connectivity index (χ3v) is 8.24. The van der Waals surface area contributed by atoms with Crippen molar-refractivity contribution in [2.75, 3.05) is 12.8 Å². The molecule has 220 valence electrons. The minimum atomic E-state index is -3.68. The van der Waals surface area contributed by atoms with Gasteiger partial charge in [0.25, 0.3) is 11.8 Å². The summed E-state index contributed by atoms with van der Waals surface area (Å²) in [4.78, 5) is 42.6. The fourth-order valence-electron chi connectivity index (χ4n) is 4.62. The van der Waals surface area contributed by atoms with E-state index in [9.17, 15) is 31.6 Å². The Balaban J connectivity index is 1.45. The molecule has 2 heterocycles. The summed E-state index contributed by atoms with van der Waals surface area (Å²) in [6, 6.07) is 5.16. The molecule has 0 aliphatic heterocycles. The molecule has 11 nitrogen and oxygen atoms in total. The second-order valence-electron chi connectivity index (χ2n) is 10.9. The minimum absolute atomic E-state index is 0.0194. The number of hydrogen-bond donors (Lipinski definition) is 3. The van der Waals surface area contributed by atoms with Gasteiger partial charge in [-0.05, 0) is 48.8 Å². The third-order valence-electron chi connectivity index (χ3n) is 7.39. The van der Waals surface area contributed by atoms with E-state index in [1.165, 1.54) is 18.2 Å². The van der Waals surface area contributed by atoms with Gasteiger partial charge in [0, 0.05) is 24.6 Å². The molecule has 4 rings (SSSR count). The monoisotopic (exact) mass is 610 g/mol. The zero-order valence-corrected chi connectivity index (χ0v) is 24.1. The van der Waals surface area contributed by atoms with Crippen LogP contribution in [0.25, 0.3) is 5.65 Å². The molecule has 1 aliphatic carbocycles. The van der Waals surface area contributed by atoms with Crippen molar-refractivity contribution < 1.29 is 31.6 Å². The summed E-state index contributed by atoms with van der Waals surface area (Å²) in [5.74, 6) is -3.31. The molecule has 41 heavy (non-hydrogen) atoms. The van der Waals surface area contributed by atoms with E-state index in [0.717, 1.165) is 23.0 Å². The zero-order chi connectivity index (χ0) is 30.2. The van der Waals surface area contributed by atoms with Crippen LogP contribution < -0.4 is 15.4 Å². The van der Waals surface area contributed by atoms with Crippen LogP contribution in [0.15, 0.2) is 30.5 Å². The van der Waals surface area contributed by atoms with Gasteiger partial charge < -0.3 is 10.6 Å². The second-order valence-corrected chi connectivity index (χ2v) is 13.1. The van der Waals surface area contributed by atoms with Crippen LogP contribution in [0.4, 0.5) is 8.78 Å². The standard InChI is InChI=1S/C26H29ClF2N6O5S/c1-25(6-8-26(2,9-7-25)24(38)34-41(3,39)40)14-31-23(37)20-11-19(33-21-18(29)13-32-35(20)21)22(36)30-12-15-4-5-17(28)16(27)10-15/h4-5,10-11,13H,6-9,12,14H2,1-3H3,(H,30,36)(H,31,37)(H,34,38). The molecule has 3 N–H and O–H groups in total. The molecule has 1 saturated carbocycles. The lowest BCUT2D eigenvalue weighted by molar-refractivity contribution is -0.131. The van der Waals surface area contributed by atoms with E-state index in [2.05, 4.69) is 20.7 Å². The number of rotatable bonds is 8. The number of sulfonamides is 1. The van der Waals surface area contributed by atoms with Gasteiger partial charge in [-0.3, -0.25) is 19.1 Å². The molecule has 0 bridgehead atoms. The highest BCUT2D eigenvalue weighted by molar-refractivity contribution is 7.89. The number of benzene rings is 1. The van der Waals surface area contributed by atoms with E-state index >= 15 is 0 Å². The lowest BCUT2D eigenvalue weighted by Crippen LogP contribution is -2.47. The molecule has 0 saturated heterocycles. The summed E-state index contributed by atoms with van der Waals surface area (Å²) >= 11 is 5.78. The van der Waals surface area contributed by atoms with Crippen LogP contribution in [-0.2, 0) is 21.4 Å². The van der Waals surface area contributed by atoms with Crippen molar-refractivity contribution in [1.29, 1.82) is 0 Å². The van der Waals surface area contributed by atoms with Crippen LogP contribution in [0.1, 0.15) is 66.1 Å². The molecule has 2 aromatic heterocycles. The number of aromatic nitrogens is 3. The average Bonchev–Trinajstić information content (AvgIpc) is 3.28. The van der Waals surface area contributed by atoms with Gasteiger partial charge in [-0.25, -0.2) is 26.7 Å². The van der Waals surface area contributed by atoms with E-state index < -0.39 is 50.2 Å². The number of nitrogens with zero attached hydrogens (tertiary/aromatic N) is 3. The molecule has 3 amide bonds. The first-order valence-corrected chi connectivity index (χ1v) is 14.9. The van der Waals surface area contributed by atoms with Crippen LogP contribution in [0, 0.1) is 22.5 Å². The summed E-state index contributed by atoms with van der Waals surface area (Å²) in [6.45, 7) is 3.84. The Labute approximate surface area is 240 Å². The topological polar surface area (TPSA) is 152 Å². The predicted octanol–water partition coefficient (Wildman–Crippen LogP) is 2.98. The minimum Gasteiger partial charge on any atom is -0.350 e. The van der Waals surface area contributed by atoms with E-state index in [4.69, 9.17) is 11.6 Å². The summed E-state index contributed by atoms with van der Waals surface area (Å²) in [6.07, 6.45) is 3.69. The molecule has 0 unspecified atom stereocenters. The average molecular weight is 611 g/mol. The maximum Gasteiger partial charge on any atom is 0.270 e. The molecule has 1 aromatic carbocycles. The largest absolute Gasteiger partial charge is 0.350 e. The Morgan fingerprint density at radius 1 is 1.02 bits per heavy atom. The summed E-state index contributed by atoms with van der Waals surface area (Å²) in [5, 5.41) is 9.17. The summed E-state index contributed by atoms with van der Waals surface area (Å²) in [5.41, 5.74) is -1.41. The van der Waals surface area contributed by atoms with Crippen LogP contribution in [0.3, 0.4) is 0 Å². The highest BCUT2D eigenvalue weighted by Gasteiger charge is 2.43. The van der Waals surface area contributed by atoms with Gasteiger partial charge in [0.2, 0.25) is 15.9 Å². The van der Waals surface area contributed by atoms with Crippen molar-refractivity contribution >= 4 is 45.0 Å². The quantitative estimate of drug-likeness (QED) is 0.355. The van der Waals surface area contributed by atoms with E-state index in [-0.39, 0.29) is 35.1 Å². The fraction of sp³-hybridized carbons (Fsp3) is 0.423. The SMILES string of the molecule is CC1(CNC(=O)c2cc(C(=O)NCc3ccc(F)c(Cl)c3)nc3c(F)cnn23)CCC(C)(C(=O)NS(C)(=O)=O)CC1. The number of nitrogens with one attached hydrogen (secondary N) is 3. The van der Waals surface area contributed by atoms with Gasteiger partial charge in [-0.2, -0.15) is 5.10 Å². The lowest BCUT2D eigenvalue weighted by Gasteiger charge is -2.42. The summed E-state index contributed by atoms with van der Waals surface area (Å²) in [7, 11) is -3.68. The van der Waals surface area contributed by atoms with E-state index in [0.29, 0.717) is 31.2 Å². The summed E-state index contributed by atoms with van der Waals surface area (Å²) < 4.78 is 53.9. The van der Waals surface area contributed by atoms with Crippen molar-refractivity contribution in [3.63, 3.8) is 0 Å². The van der Waals surface area contributed by atoms with Gasteiger partial charge in [0.05, 0.1) is 17.5 Å². The number of carbonyl (C=O) groups is 3. The Kier molecular flexibility index (Phi) is 8.37. The smallest absolute Gasteiger partial charge is 0.270 e. The molecule has 3 aromatic rings. The Bertz CT molecular complexity index is 1640. The fourth-order valence-corrected chi connectivity index (χ4v) is 5.41. The van der Waals surface area contributed by atoms with Crippen LogP contribution >= 0.6 is 11.6 Å². The molecular weight excluding hydrogens is 582 g/mol. The zero-order valence-electron chi connectivity index (χ0n) is 22.6. The second kappa shape index (κ2) is 11.3. The van der Waals surface area contributed by atoms with Gasteiger partial charge in [-0.15, -0.1) is 0 Å². The number of halogens is 3. The molecule has 0 spiro atoms. The molecular formula is C26H29ClF2N6O5S. The van der Waals surface area contributed by atoms with Gasteiger partial charge in [0.15, 0.2) is 11.5 Å². The number of amides is 3. The molecule has 1 aliphatic rings. The first-order chi connectivity index (χ1) is 19.1. The number of carbonyl (C=O) groups excluding carboxylic acids is 3. The highest BCUT2D eigenvalue weighted by Crippen LogP contribution is 2.45. The van der Waals surface area contributed by atoms with Crippen molar-refractivity contribution in [2.45, 2.75) is 46.1 Å². The Morgan fingerprint density at radius 2 is 1.71 bits per heavy atom. The van der Waals surface area contributed by atoms with Gasteiger partial charge >= 0.3 is 0 Å². The van der Waals surface area contributed by atoms with Crippen LogP contribution in [0.5, 0.6) is 0 Å². The van der Waals surface area contributed by atoms with Gasteiger partial charge in [0.1, 0.15) is 17.2 Å².